The number of terminal acetylenes is 1. The minimum Gasteiger partial charge on any atom is -0.341 e. The van der Waals surface area contributed by atoms with Gasteiger partial charge in [-0.1, -0.05) is 36.3 Å². The van der Waals surface area contributed by atoms with Crippen molar-refractivity contribution in [1.82, 2.24) is 5.32 Å². The van der Waals surface area contributed by atoms with Crippen molar-refractivity contribution >= 4 is 17.5 Å². The van der Waals surface area contributed by atoms with Crippen LogP contribution in [0.4, 0.5) is 5.69 Å². The third kappa shape index (κ3) is 3.71. The van der Waals surface area contributed by atoms with Gasteiger partial charge in [0.2, 0.25) is 0 Å². The molecule has 0 aliphatic heterocycles. The fourth-order valence-corrected chi connectivity index (χ4v) is 1.80. The molecule has 0 bridgehead atoms. The first-order valence-electron chi connectivity index (χ1n) is 6.39. The van der Waals surface area contributed by atoms with Gasteiger partial charge in [-0.3, -0.25) is 9.59 Å². The second-order valence-electron chi connectivity index (χ2n) is 4.25. The van der Waals surface area contributed by atoms with Crippen LogP contribution in [0.2, 0.25) is 0 Å². The zero-order valence-electron chi connectivity index (χ0n) is 11.3. The number of anilines is 1. The van der Waals surface area contributed by atoms with Crippen molar-refractivity contribution in [2.45, 2.75) is 0 Å². The van der Waals surface area contributed by atoms with Crippen LogP contribution in [0.5, 0.6) is 0 Å². The molecule has 4 nitrogen and oxygen atoms in total. The molecule has 0 saturated carbocycles. The fourth-order valence-electron chi connectivity index (χ4n) is 1.80. The molecule has 0 aromatic heterocycles. The zero-order chi connectivity index (χ0) is 15.1. The Labute approximate surface area is 123 Å². The maximum Gasteiger partial charge on any atom is 0.255 e. The molecule has 2 aromatic rings. The first kappa shape index (κ1) is 14.4. The molecule has 0 radical (unpaired) electrons. The van der Waals surface area contributed by atoms with Crippen molar-refractivity contribution in [3.05, 3.63) is 65.7 Å². The molecular weight excluding hydrogens is 264 g/mol. The molecule has 0 aliphatic carbocycles. The molecule has 0 spiro atoms. The minimum atomic E-state index is -0.322. The van der Waals surface area contributed by atoms with E-state index >= 15 is 0 Å². The number of para-hydroxylation sites is 1. The van der Waals surface area contributed by atoms with Crippen LogP contribution in [0.15, 0.2) is 54.6 Å². The second-order valence-corrected chi connectivity index (χ2v) is 4.25. The Morgan fingerprint density at radius 3 is 2.33 bits per heavy atom. The molecule has 0 saturated heterocycles. The van der Waals surface area contributed by atoms with E-state index in [-0.39, 0.29) is 18.4 Å². The number of carbonyl (C=O) groups excluding carboxylic acids is 2. The van der Waals surface area contributed by atoms with Gasteiger partial charge in [0, 0.05) is 5.56 Å². The third-order valence-electron chi connectivity index (χ3n) is 2.81. The Balaban J connectivity index is 2.19. The van der Waals surface area contributed by atoms with Gasteiger partial charge in [-0.25, -0.2) is 0 Å². The summed E-state index contributed by atoms with van der Waals surface area (Å²) in [6.07, 6.45) is 5.12. The summed E-state index contributed by atoms with van der Waals surface area (Å²) in [7, 11) is 0. The maximum absolute atomic E-state index is 12.1. The lowest BCUT2D eigenvalue weighted by Crippen LogP contribution is -2.25. The minimum absolute atomic E-state index is 0.139. The van der Waals surface area contributed by atoms with Crippen molar-refractivity contribution in [2.24, 2.45) is 0 Å². The lowest BCUT2D eigenvalue weighted by atomic mass is 10.1. The number of hydrogen-bond donors (Lipinski definition) is 2. The van der Waals surface area contributed by atoms with Gasteiger partial charge in [0.25, 0.3) is 11.8 Å². The Morgan fingerprint density at radius 1 is 0.952 bits per heavy atom. The van der Waals surface area contributed by atoms with Crippen LogP contribution in [0, 0.1) is 12.3 Å². The predicted octanol–water partition coefficient (Wildman–Crippen LogP) is 2.30. The van der Waals surface area contributed by atoms with Crippen LogP contribution in [-0.4, -0.2) is 18.4 Å². The van der Waals surface area contributed by atoms with E-state index in [9.17, 15) is 9.59 Å². The van der Waals surface area contributed by atoms with Gasteiger partial charge in [-0.15, -0.1) is 6.42 Å². The molecule has 104 valence electrons. The summed E-state index contributed by atoms with van der Waals surface area (Å²) in [5.41, 5.74) is 1.34. The Morgan fingerprint density at radius 2 is 1.62 bits per heavy atom. The summed E-state index contributed by atoms with van der Waals surface area (Å²) >= 11 is 0. The normalized spacial score (nSPS) is 9.48. The first-order chi connectivity index (χ1) is 10.2. The lowest BCUT2D eigenvalue weighted by molar-refractivity contribution is 0.0959. The summed E-state index contributed by atoms with van der Waals surface area (Å²) in [5.74, 6) is 1.74. The van der Waals surface area contributed by atoms with Crippen molar-refractivity contribution < 1.29 is 9.59 Å². The zero-order valence-corrected chi connectivity index (χ0v) is 11.3. The smallest absolute Gasteiger partial charge is 0.255 e. The number of benzene rings is 2. The van der Waals surface area contributed by atoms with Crippen LogP contribution in [0.25, 0.3) is 0 Å². The highest BCUT2D eigenvalue weighted by atomic mass is 16.2. The molecule has 2 N–H and O–H groups in total. The topological polar surface area (TPSA) is 58.2 Å². The highest BCUT2D eigenvalue weighted by Crippen LogP contribution is 2.16. The molecule has 0 unspecified atom stereocenters. The number of hydrogen-bond acceptors (Lipinski definition) is 2. The highest BCUT2D eigenvalue weighted by molar-refractivity contribution is 6.09. The molecule has 0 aliphatic rings. The Hall–Kier alpha value is -3.06. The highest BCUT2D eigenvalue weighted by Gasteiger charge is 2.13. The van der Waals surface area contributed by atoms with E-state index in [1.54, 1.807) is 48.5 Å². The second kappa shape index (κ2) is 6.92. The molecule has 2 rings (SSSR count). The van der Waals surface area contributed by atoms with Crippen molar-refractivity contribution in [1.29, 1.82) is 0 Å². The van der Waals surface area contributed by atoms with E-state index in [0.29, 0.717) is 16.8 Å². The van der Waals surface area contributed by atoms with E-state index < -0.39 is 0 Å². The van der Waals surface area contributed by atoms with Gasteiger partial charge in [0.15, 0.2) is 0 Å². The third-order valence-corrected chi connectivity index (χ3v) is 2.81. The Bertz CT molecular complexity index is 687. The molecule has 4 heteroatoms. The quantitative estimate of drug-likeness (QED) is 0.843. The van der Waals surface area contributed by atoms with Gasteiger partial charge in [0.05, 0.1) is 17.8 Å². The van der Waals surface area contributed by atoms with E-state index in [4.69, 9.17) is 6.42 Å². The molecular formula is C17H14N2O2. The molecule has 0 fully saturated rings. The van der Waals surface area contributed by atoms with Crippen molar-refractivity contribution in [3.63, 3.8) is 0 Å². The summed E-state index contributed by atoms with van der Waals surface area (Å²) in [4.78, 5) is 24.1. The standard InChI is InChI=1S/C17H14N2O2/c1-2-12-18-17(21)14-10-6-7-11-15(14)19-16(20)13-8-4-3-5-9-13/h1,3-11H,12H2,(H,18,21)(H,19,20). The molecule has 21 heavy (non-hydrogen) atoms. The fraction of sp³-hybridized carbons (Fsp3) is 0.0588. The van der Waals surface area contributed by atoms with Crippen LogP contribution < -0.4 is 10.6 Å². The van der Waals surface area contributed by atoms with E-state index in [1.165, 1.54) is 0 Å². The molecule has 0 heterocycles. The number of amides is 2. The van der Waals surface area contributed by atoms with Crippen LogP contribution >= 0.6 is 0 Å². The van der Waals surface area contributed by atoms with Crippen LogP contribution in [0.1, 0.15) is 20.7 Å². The van der Waals surface area contributed by atoms with E-state index in [2.05, 4.69) is 16.6 Å². The lowest BCUT2D eigenvalue weighted by Gasteiger charge is -2.10. The van der Waals surface area contributed by atoms with Crippen molar-refractivity contribution in [3.8, 4) is 12.3 Å². The molecule has 2 amide bonds. The van der Waals surface area contributed by atoms with Gasteiger partial charge < -0.3 is 10.6 Å². The summed E-state index contributed by atoms with van der Waals surface area (Å²) in [6, 6.07) is 15.6. The van der Waals surface area contributed by atoms with Gasteiger partial charge >= 0.3 is 0 Å². The Kier molecular flexibility index (Phi) is 4.73. The van der Waals surface area contributed by atoms with Crippen LogP contribution in [-0.2, 0) is 0 Å². The maximum atomic E-state index is 12.1. The SMILES string of the molecule is C#CCNC(=O)c1ccccc1NC(=O)c1ccccc1. The molecule has 2 aromatic carbocycles. The number of nitrogens with one attached hydrogen (secondary N) is 2. The summed E-state index contributed by atoms with van der Waals surface area (Å²) < 4.78 is 0. The largest absolute Gasteiger partial charge is 0.341 e. The average molecular weight is 278 g/mol. The van der Waals surface area contributed by atoms with Crippen LogP contribution in [0.3, 0.4) is 0 Å². The van der Waals surface area contributed by atoms with E-state index in [0.717, 1.165) is 0 Å². The monoisotopic (exact) mass is 278 g/mol. The first-order valence-corrected chi connectivity index (χ1v) is 6.39. The predicted molar refractivity (Wildman–Crippen MR) is 82.0 cm³/mol. The van der Waals surface area contributed by atoms with Gasteiger partial charge in [0.1, 0.15) is 0 Å². The number of rotatable bonds is 4. The van der Waals surface area contributed by atoms with Gasteiger partial charge in [-0.2, -0.15) is 0 Å². The van der Waals surface area contributed by atoms with E-state index in [1.807, 2.05) is 6.07 Å². The summed E-state index contributed by atoms with van der Waals surface area (Å²) in [6.45, 7) is 0.139. The molecule has 0 atom stereocenters. The van der Waals surface area contributed by atoms with Crippen molar-refractivity contribution in [2.75, 3.05) is 11.9 Å². The van der Waals surface area contributed by atoms with Gasteiger partial charge in [-0.05, 0) is 24.3 Å². The number of carbonyl (C=O) groups is 2. The average Bonchev–Trinajstić information content (AvgIpc) is 2.54. The summed E-state index contributed by atoms with van der Waals surface area (Å²) in [5, 5.41) is 5.31.